The van der Waals surface area contributed by atoms with Gasteiger partial charge in [0.25, 0.3) is 5.91 Å². The van der Waals surface area contributed by atoms with E-state index >= 15 is 0 Å². The van der Waals surface area contributed by atoms with Crippen LogP contribution in [0.4, 0.5) is 13.6 Å². The van der Waals surface area contributed by atoms with Crippen LogP contribution in [0.15, 0.2) is 18.2 Å². The molecule has 2 saturated heterocycles. The molecule has 8 heteroatoms. The van der Waals surface area contributed by atoms with Crippen molar-refractivity contribution >= 4 is 23.7 Å². The molecule has 0 unspecified atom stereocenters. The van der Waals surface area contributed by atoms with E-state index < -0.39 is 41.8 Å². The lowest BCUT2D eigenvalue weighted by Crippen LogP contribution is -2.47. The van der Waals surface area contributed by atoms with E-state index in [0.29, 0.717) is 12.2 Å². The highest BCUT2D eigenvalue weighted by Gasteiger charge is 2.53. The Kier molecular flexibility index (Phi) is 3.82. The number of halogens is 2. The predicted molar refractivity (Wildman–Crippen MR) is 76.2 cm³/mol. The number of aliphatic hydroxyl groups is 1. The van der Waals surface area contributed by atoms with E-state index in [2.05, 4.69) is 5.32 Å². The number of imide groups is 1. The van der Waals surface area contributed by atoms with Crippen LogP contribution < -0.4 is 5.32 Å². The van der Waals surface area contributed by atoms with Crippen molar-refractivity contribution in [3.05, 3.63) is 35.4 Å². The molecule has 2 fully saturated rings. The topological polar surface area (TPSA) is 69.6 Å². The standard InChI is InChI=1S/C14H14F2N2O3S/c15-8-1-2-10(16)9(5-8)11(19)6-18-12(20)14(17-13(18)21)3-4-22-7-14/h1-2,5,11,19H,3-4,6-7H2,(H,17,21)/t11-,14+/m0/s1. The first-order valence-electron chi connectivity index (χ1n) is 6.78. The van der Waals surface area contributed by atoms with E-state index in [1.54, 1.807) is 11.8 Å². The van der Waals surface area contributed by atoms with Gasteiger partial charge in [0.05, 0.1) is 6.54 Å². The molecule has 0 saturated carbocycles. The first kappa shape index (κ1) is 15.2. The number of hydrogen-bond acceptors (Lipinski definition) is 4. The van der Waals surface area contributed by atoms with Gasteiger partial charge in [0.15, 0.2) is 0 Å². The molecule has 2 atom stereocenters. The van der Waals surface area contributed by atoms with E-state index in [9.17, 15) is 23.5 Å². The Hall–Kier alpha value is -1.67. The predicted octanol–water partition coefficient (Wildman–Crippen LogP) is 1.43. The number of carbonyl (C=O) groups excluding carboxylic acids is 2. The van der Waals surface area contributed by atoms with Crippen molar-refractivity contribution in [2.45, 2.75) is 18.1 Å². The lowest BCUT2D eigenvalue weighted by molar-refractivity contribution is -0.131. The largest absolute Gasteiger partial charge is 0.386 e. The quantitative estimate of drug-likeness (QED) is 0.824. The molecule has 2 aliphatic heterocycles. The molecule has 2 N–H and O–H groups in total. The third-order valence-corrected chi connectivity index (χ3v) is 5.13. The lowest BCUT2D eigenvalue weighted by atomic mass is 9.99. The maximum absolute atomic E-state index is 13.6. The van der Waals surface area contributed by atoms with E-state index in [1.807, 2.05) is 0 Å². The van der Waals surface area contributed by atoms with Crippen LogP contribution in [0.5, 0.6) is 0 Å². The molecular weight excluding hydrogens is 314 g/mol. The van der Waals surface area contributed by atoms with Gasteiger partial charge in [0, 0.05) is 11.3 Å². The Bertz CT molecular complexity index is 635. The molecule has 0 aliphatic carbocycles. The van der Waals surface area contributed by atoms with Crippen molar-refractivity contribution in [1.82, 2.24) is 10.2 Å². The van der Waals surface area contributed by atoms with E-state index in [-0.39, 0.29) is 5.56 Å². The number of benzene rings is 1. The molecule has 2 heterocycles. The fourth-order valence-corrected chi connectivity index (χ4v) is 4.04. The Labute approximate surface area is 129 Å². The molecule has 0 aromatic heterocycles. The highest BCUT2D eigenvalue weighted by atomic mass is 32.2. The average Bonchev–Trinajstić information content (AvgIpc) is 3.03. The van der Waals surface area contributed by atoms with Gasteiger partial charge in [0.2, 0.25) is 0 Å². The van der Waals surface area contributed by atoms with Crippen LogP contribution in [-0.4, -0.2) is 45.5 Å². The number of aliphatic hydroxyl groups excluding tert-OH is 1. The third-order valence-electron chi connectivity index (χ3n) is 3.94. The molecule has 22 heavy (non-hydrogen) atoms. The Morgan fingerprint density at radius 3 is 2.86 bits per heavy atom. The highest BCUT2D eigenvalue weighted by Crippen LogP contribution is 2.34. The van der Waals surface area contributed by atoms with Crippen molar-refractivity contribution in [3.8, 4) is 0 Å². The first-order chi connectivity index (χ1) is 10.4. The van der Waals surface area contributed by atoms with Crippen molar-refractivity contribution in [2.75, 3.05) is 18.1 Å². The van der Waals surface area contributed by atoms with Gasteiger partial charge in [-0.2, -0.15) is 11.8 Å². The van der Waals surface area contributed by atoms with Gasteiger partial charge in [-0.3, -0.25) is 9.69 Å². The Morgan fingerprint density at radius 2 is 2.18 bits per heavy atom. The zero-order chi connectivity index (χ0) is 15.9. The minimum absolute atomic E-state index is 0.276. The number of hydrogen-bond donors (Lipinski definition) is 2. The van der Waals surface area contributed by atoms with Crippen LogP contribution in [0.3, 0.4) is 0 Å². The smallest absolute Gasteiger partial charge is 0.325 e. The van der Waals surface area contributed by atoms with Crippen LogP contribution in [0, 0.1) is 11.6 Å². The number of carbonyl (C=O) groups is 2. The minimum atomic E-state index is -1.48. The summed E-state index contributed by atoms with van der Waals surface area (Å²) < 4.78 is 26.8. The van der Waals surface area contributed by atoms with Crippen LogP contribution in [-0.2, 0) is 4.79 Å². The number of thioether (sulfide) groups is 1. The summed E-state index contributed by atoms with van der Waals surface area (Å²) in [4.78, 5) is 25.3. The van der Waals surface area contributed by atoms with E-state index in [4.69, 9.17) is 0 Å². The van der Waals surface area contributed by atoms with Gasteiger partial charge in [-0.05, 0) is 30.4 Å². The summed E-state index contributed by atoms with van der Waals surface area (Å²) in [6.07, 6.45) is -0.946. The minimum Gasteiger partial charge on any atom is -0.386 e. The molecule has 118 valence electrons. The van der Waals surface area contributed by atoms with Gasteiger partial charge in [0.1, 0.15) is 23.3 Å². The Balaban J connectivity index is 1.79. The second-order valence-corrected chi connectivity index (χ2v) is 6.52. The number of β-amino-alcohol motifs (C(OH)–C–C–N with tert-alkyl or cyclic N) is 1. The summed E-state index contributed by atoms with van der Waals surface area (Å²) in [5.74, 6) is -0.652. The van der Waals surface area contributed by atoms with Crippen molar-refractivity contribution < 1.29 is 23.5 Å². The number of nitrogens with one attached hydrogen (secondary N) is 1. The van der Waals surface area contributed by atoms with Gasteiger partial charge in [-0.1, -0.05) is 0 Å². The first-order valence-corrected chi connectivity index (χ1v) is 7.93. The molecule has 1 aromatic rings. The van der Waals surface area contributed by atoms with Crippen LogP contribution in [0.1, 0.15) is 18.1 Å². The second kappa shape index (κ2) is 5.51. The molecule has 0 radical (unpaired) electrons. The monoisotopic (exact) mass is 328 g/mol. The zero-order valence-corrected chi connectivity index (χ0v) is 12.3. The maximum atomic E-state index is 13.6. The molecular formula is C14H14F2N2O3S. The lowest BCUT2D eigenvalue weighted by Gasteiger charge is -2.21. The summed E-state index contributed by atoms with van der Waals surface area (Å²) in [5.41, 5.74) is -1.19. The molecule has 1 aromatic carbocycles. The SMILES string of the molecule is O=C1N[C@@]2(CCSC2)C(=O)N1C[C@H](O)c1cc(F)ccc1F. The molecule has 1 spiro atoms. The molecule has 5 nitrogen and oxygen atoms in total. The fourth-order valence-electron chi connectivity index (χ4n) is 2.72. The number of rotatable bonds is 3. The number of urea groups is 1. The summed E-state index contributed by atoms with van der Waals surface area (Å²) >= 11 is 1.56. The van der Waals surface area contributed by atoms with Gasteiger partial charge >= 0.3 is 6.03 Å². The summed E-state index contributed by atoms with van der Waals surface area (Å²) in [5, 5.41) is 12.7. The van der Waals surface area contributed by atoms with E-state index in [0.717, 1.165) is 28.9 Å². The van der Waals surface area contributed by atoms with E-state index in [1.165, 1.54) is 0 Å². The highest BCUT2D eigenvalue weighted by molar-refractivity contribution is 7.99. The zero-order valence-electron chi connectivity index (χ0n) is 11.5. The molecule has 3 rings (SSSR count). The number of amides is 3. The van der Waals surface area contributed by atoms with Crippen LogP contribution in [0.25, 0.3) is 0 Å². The van der Waals surface area contributed by atoms with Crippen LogP contribution in [0.2, 0.25) is 0 Å². The summed E-state index contributed by atoms with van der Waals surface area (Å²) in [6, 6.07) is 2.08. The third kappa shape index (κ3) is 2.46. The molecule has 0 bridgehead atoms. The summed E-state index contributed by atoms with van der Waals surface area (Å²) in [7, 11) is 0. The van der Waals surface area contributed by atoms with Crippen molar-refractivity contribution in [3.63, 3.8) is 0 Å². The van der Waals surface area contributed by atoms with Crippen molar-refractivity contribution in [2.24, 2.45) is 0 Å². The maximum Gasteiger partial charge on any atom is 0.325 e. The Morgan fingerprint density at radius 1 is 1.41 bits per heavy atom. The molecule has 3 amide bonds. The summed E-state index contributed by atoms with van der Waals surface area (Å²) in [6.45, 7) is -0.405. The molecule has 2 aliphatic rings. The van der Waals surface area contributed by atoms with Gasteiger partial charge < -0.3 is 10.4 Å². The normalized spacial score (nSPS) is 25.9. The van der Waals surface area contributed by atoms with Gasteiger partial charge in [-0.15, -0.1) is 0 Å². The average molecular weight is 328 g/mol. The second-order valence-electron chi connectivity index (χ2n) is 5.41. The van der Waals surface area contributed by atoms with Gasteiger partial charge in [-0.25, -0.2) is 13.6 Å². The fraction of sp³-hybridized carbons (Fsp3) is 0.429. The number of nitrogens with zero attached hydrogens (tertiary/aromatic N) is 1. The van der Waals surface area contributed by atoms with Crippen molar-refractivity contribution in [1.29, 1.82) is 0 Å². The van der Waals surface area contributed by atoms with Crippen LogP contribution >= 0.6 is 11.8 Å².